The first kappa shape index (κ1) is 20.0. The zero-order valence-electron chi connectivity index (χ0n) is 17.2. The molecule has 0 amide bonds. The Morgan fingerprint density at radius 2 is 2.03 bits per heavy atom. The van der Waals surface area contributed by atoms with E-state index in [-0.39, 0.29) is 11.4 Å². The van der Waals surface area contributed by atoms with E-state index in [0.29, 0.717) is 11.8 Å². The average Bonchev–Trinajstić information content (AvgIpc) is 3.47. The second-order valence-electron chi connectivity index (χ2n) is 7.24. The number of imidazole rings is 1. The van der Waals surface area contributed by atoms with Gasteiger partial charge in [0.1, 0.15) is 5.75 Å². The molecule has 0 radical (unpaired) electrons. The average molecular weight is 415 g/mol. The van der Waals surface area contributed by atoms with E-state index in [9.17, 15) is 0 Å². The van der Waals surface area contributed by atoms with Crippen molar-refractivity contribution in [2.75, 3.05) is 13.7 Å². The smallest absolute Gasteiger partial charge is 0.247 e. The topological polar surface area (TPSA) is 75.2 Å². The summed E-state index contributed by atoms with van der Waals surface area (Å²) in [5.74, 6) is 1.88. The Kier molecular flexibility index (Phi) is 5.91. The van der Waals surface area contributed by atoms with Crippen LogP contribution in [0.25, 0.3) is 11.5 Å². The number of benzene rings is 1. The molecule has 4 rings (SSSR count). The van der Waals surface area contributed by atoms with Crippen LogP contribution in [0.4, 0.5) is 0 Å². The van der Waals surface area contributed by atoms with Gasteiger partial charge in [0.15, 0.2) is 5.16 Å². The summed E-state index contributed by atoms with van der Waals surface area (Å²) in [5.41, 5.74) is 3.09. The third kappa shape index (κ3) is 4.33. The third-order valence-electron chi connectivity index (χ3n) is 5.24. The Hall–Kier alpha value is -2.32. The highest BCUT2D eigenvalue weighted by molar-refractivity contribution is 7.99. The highest BCUT2D eigenvalue weighted by Crippen LogP contribution is 2.36. The van der Waals surface area contributed by atoms with Gasteiger partial charge in [0.05, 0.1) is 30.7 Å². The second-order valence-corrected chi connectivity index (χ2v) is 8.55. The Morgan fingerprint density at radius 1 is 1.24 bits per heavy atom. The predicted octanol–water partition coefficient (Wildman–Crippen LogP) is 4.59. The molecule has 0 aliphatic carbocycles. The van der Waals surface area contributed by atoms with Crippen LogP contribution < -0.4 is 4.74 Å². The number of hydrogen-bond donors (Lipinski definition) is 0. The molecule has 0 saturated carbocycles. The van der Waals surface area contributed by atoms with E-state index in [2.05, 4.69) is 28.6 Å². The van der Waals surface area contributed by atoms with Crippen molar-refractivity contribution >= 4 is 11.8 Å². The molecule has 0 N–H and O–H groups in total. The van der Waals surface area contributed by atoms with Crippen molar-refractivity contribution < 1.29 is 13.9 Å². The van der Waals surface area contributed by atoms with E-state index >= 15 is 0 Å². The summed E-state index contributed by atoms with van der Waals surface area (Å²) in [6, 6.07) is 7.58. The zero-order chi connectivity index (χ0) is 20.4. The fraction of sp³-hybridized carbons (Fsp3) is 0.476. The van der Waals surface area contributed by atoms with E-state index in [1.807, 2.05) is 31.2 Å². The van der Waals surface area contributed by atoms with Crippen molar-refractivity contribution in [2.45, 2.75) is 56.7 Å². The summed E-state index contributed by atoms with van der Waals surface area (Å²) in [6.45, 7) is 7.91. The molecule has 1 saturated heterocycles. The molecular weight excluding hydrogens is 388 g/mol. The lowest BCUT2D eigenvalue weighted by atomic mass is 10.2. The van der Waals surface area contributed by atoms with Crippen LogP contribution in [-0.4, -0.2) is 39.6 Å². The van der Waals surface area contributed by atoms with E-state index in [1.165, 1.54) is 5.69 Å². The van der Waals surface area contributed by atoms with Gasteiger partial charge in [-0.25, -0.2) is 4.98 Å². The Labute approximate surface area is 174 Å². The molecule has 29 heavy (non-hydrogen) atoms. The highest BCUT2D eigenvalue weighted by atomic mass is 32.2. The van der Waals surface area contributed by atoms with Crippen LogP contribution in [0.15, 0.2) is 33.8 Å². The van der Waals surface area contributed by atoms with E-state index in [4.69, 9.17) is 18.9 Å². The number of thioether (sulfide) groups is 1. The lowest BCUT2D eigenvalue weighted by Gasteiger charge is -2.15. The van der Waals surface area contributed by atoms with Gasteiger partial charge in [0.2, 0.25) is 11.8 Å². The van der Waals surface area contributed by atoms with Gasteiger partial charge >= 0.3 is 0 Å². The van der Waals surface area contributed by atoms with Gasteiger partial charge in [-0.2, -0.15) is 0 Å². The largest absolute Gasteiger partial charge is 0.497 e. The Morgan fingerprint density at radius 3 is 2.72 bits per heavy atom. The summed E-state index contributed by atoms with van der Waals surface area (Å²) in [6.07, 6.45) is 2.50. The molecule has 2 atom stereocenters. The molecule has 2 aromatic heterocycles. The summed E-state index contributed by atoms with van der Waals surface area (Å²) < 4.78 is 19.2. The van der Waals surface area contributed by atoms with Crippen LogP contribution in [0.3, 0.4) is 0 Å². The molecule has 0 unspecified atom stereocenters. The molecule has 3 heterocycles. The maximum absolute atomic E-state index is 5.94. The lowest BCUT2D eigenvalue weighted by molar-refractivity contribution is 0.0944. The molecule has 1 fully saturated rings. The van der Waals surface area contributed by atoms with Crippen molar-refractivity contribution in [1.82, 2.24) is 19.7 Å². The number of rotatable bonds is 7. The normalized spacial score (nSPS) is 17.6. The number of hydrogen-bond acceptors (Lipinski definition) is 7. The van der Waals surface area contributed by atoms with Crippen LogP contribution in [0.5, 0.6) is 5.75 Å². The lowest BCUT2D eigenvalue weighted by Crippen LogP contribution is -2.16. The molecule has 1 aliphatic rings. The van der Waals surface area contributed by atoms with Gasteiger partial charge < -0.3 is 18.5 Å². The molecule has 1 aliphatic heterocycles. The summed E-state index contributed by atoms with van der Waals surface area (Å²) in [7, 11) is 1.64. The van der Waals surface area contributed by atoms with Crippen molar-refractivity contribution in [3.63, 3.8) is 0 Å². The van der Waals surface area contributed by atoms with E-state index < -0.39 is 0 Å². The standard InChI is InChI=1S/C21H26N4O3S/c1-13-14(2)25(12-18-6-5-11-27-18)21(22-13)29-15(3)19-23-24-20(28-19)16-7-9-17(26-4)10-8-16/h7-10,15,18H,5-6,11-12H2,1-4H3/t15-,18-/m0/s1. The minimum atomic E-state index is -0.0149. The van der Waals surface area contributed by atoms with Crippen molar-refractivity contribution in [2.24, 2.45) is 0 Å². The fourth-order valence-electron chi connectivity index (χ4n) is 3.38. The SMILES string of the molecule is COc1ccc(-c2nnc([C@H](C)Sc3nc(C)c(C)n3C[C@@H]3CCCO3)o2)cc1. The summed E-state index contributed by atoms with van der Waals surface area (Å²) >= 11 is 1.64. The molecule has 154 valence electrons. The number of nitrogens with zero attached hydrogens (tertiary/aromatic N) is 4. The monoisotopic (exact) mass is 414 g/mol. The number of aromatic nitrogens is 4. The molecule has 0 spiro atoms. The van der Waals surface area contributed by atoms with Crippen molar-refractivity contribution in [3.05, 3.63) is 41.5 Å². The second kappa shape index (κ2) is 8.59. The molecule has 8 heteroatoms. The number of aryl methyl sites for hydroxylation is 1. The quantitative estimate of drug-likeness (QED) is 0.523. The summed E-state index contributed by atoms with van der Waals surface area (Å²) in [5, 5.41) is 9.43. The van der Waals surface area contributed by atoms with Crippen LogP contribution >= 0.6 is 11.8 Å². The maximum Gasteiger partial charge on any atom is 0.247 e. The minimum absolute atomic E-state index is 0.0149. The van der Waals surface area contributed by atoms with Gasteiger partial charge in [-0.15, -0.1) is 10.2 Å². The molecular formula is C21H26N4O3S. The molecule has 1 aromatic carbocycles. The van der Waals surface area contributed by atoms with Gasteiger partial charge in [0, 0.05) is 17.9 Å². The first-order valence-electron chi connectivity index (χ1n) is 9.85. The van der Waals surface area contributed by atoms with Gasteiger partial charge in [0.25, 0.3) is 0 Å². The Bertz CT molecular complexity index is 961. The van der Waals surface area contributed by atoms with Crippen molar-refractivity contribution in [1.29, 1.82) is 0 Å². The van der Waals surface area contributed by atoms with Gasteiger partial charge in [-0.05, 0) is 57.9 Å². The number of ether oxygens (including phenoxy) is 2. The molecule has 0 bridgehead atoms. The highest BCUT2D eigenvalue weighted by Gasteiger charge is 2.23. The minimum Gasteiger partial charge on any atom is -0.497 e. The first-order valence-corrected chi connectivity index (χ1v) is 10.7. The van der Waals surface area contributed by atoms with Crippen LogP contribution in [0.1, 0.15) is 42.3 Å². The van der Waals surface area contributed by atoms with Crippen LogP contribution in [0, 0.1) is 13.8 Å². The third-order valence-corrected chi connectivity index (χ3v) is 6.32. The van der Waals surface area contributed by atoms with Crippen molar-refractivity contribution in [3.8, 4) is 17.2 Å². The predicted molar refractivity (Wildman–Crippen MR) is 111 cm³/mol. The maximum atomic E-state index is 5.94. The number of methoxy groups -OCH3 is 1. The van der Waals surface area contributed by atoms with E-state index in [0.717, 1.165) is 48.2 Å². The van der Waals surface area contributed by atoms with Gasteiger partial charge in [-0.1, -0.05) is 11.8 Å². The fourth-order valence-corrected chi connectivity index (χ4v) is 4.42. The molecule has 7 nitrogen and oxygen atoms in total. The zero-order valence-corrected chi connectivity index (χ0v) is 18.0. The van der Waals surface area contributed by atoms with Gasteiger partial charge in [-0.3, -0.25) is 0 Å². The molecule has 3 aromatic rings. The first-order chi connectivity index (χ1) is 14.0. The van der Waals surface area contributed by atoms with E-state index in [1.54, 1.807) is 18.9 Å². The Balaban J connectivity index is 1.50. The summed E-state index contributed by atoms with van der Waals surface area (Å²) in [4.78, 5) is 4.77. The van der Waals surface area contributed by atoms with Crippen LogP contribution in [-0.2, 0) is 11.3 Å². The van der Waals surface area contributed by atoms with Crippen LogP contribution in [0.2, 0.25) is 0 Å².